The number of hydrogen-bond acceptors (Lipinski definition) is 5. The number of ether oxygens (including phenoxy) is 2. The third kappa shape index (κ3) is 2.72. The van der Waals surface area contributed by atoms with Crippen LogP contribution in [0.15, 0.2) is 24.4 Å². The van der Waals surface area contributed by atoms with Gasteiger partial charge in [-0.15, -0.1) is 0 Å². The van der Waals surface area contributed by atoms with Gasteiger partial charge in [-0.25, -0.2) is 14.8 Å². The highest BCUT2D eigenvalue weighted by Crippen LogP contribution is 2.40. The minimum atomic E-state index is -1.08. The fourth-order valence-corrected chi connectivity index (χ4v) is 2.72. The first kappa shape index (κ1) is 15.3. The summed E-state index contributed by atoms with van der Waals surface area (Å²) in [6.07, 6.45) is 4.74. The van der Waals surface area contributed by atoms with E-state index < -0.39 is 5.97 Å². The van der Waals surface area contributed by atoms with Crippen molar-refractivity contribution in [3.63, 3.8) is 0 Å². The molecule has 0 bridgehead atoms. The molecule has 2 aromatic rings. The van der Waals surface area contributed by atoms with Crippen LogP contribution in [0.4, 0.5) is 0 Å². The van der Waals surface area contributed by atoms with Crippen LogP contribution < -0.4 is 9.47 Å². The van der Waals surface area contributed by atoms with E-state index in [2.05, 4.69) is 9.97 Å². The number of carbonyl (C=O) groups is 1. The molecule has 0 radical (unpaired) electrons. The number of benzene rings is 1. The summed E-state index contributed by atoms with van der Waals surface area (Å²) < 4.78 is 10.7. The van der Waals surface area contributed by atoms with E-state index in [4.69, 9.17) is 9.47 Å². The minimum absolute atomic E-state index is 0.00606. The van der Waals surface area contributed by atoms with Gasteiger partial charge in [0.15, 0.2) is 17.2 Å². The first-order valence-corrected chi connectivity index (χ1v) is 7.47. The van der Waals surface area contributed by atoms with Crippen molar-refractivity contribution in [2.24, 2.45) is 0 Å². The Bertz CT molecular complexity index is 741. The van der Waals surface area contributed by atoms with Crippen LogP contribution in [0.5, 0.6) is 11.5 Å². The topological polar surface area (TPSA) is 81.5 Å². The summed E-state index contributed by atoms with van der Waals surface area (Å²) in [7, 11) is 3.06. The molecule has 0 atom stereocenters. The van der Waals surface area contributed by atoms with Gasteiger partial charge in [-0.2, -0.15) is 0 Å². The van der Waals surface area contributed by atoms with Gasteiger partial charge in [0.05, 0.1) is 14.2 Å². The van der Waals surface area contributed by atoms with Gasteiger partial charge in [-0.05, 0) is 18.9 Å². The summed E-state index contributed by atoms with van der Waals surface area (Å²) in [5.74, 6) is 0.809. The Morgan fingerprint density at radius 1 is 1.22 bits per heavy atom. The number of para-hydroxylation sites is 1. The lowest BCUT2D eigenvalue weighted by atomic mass is 9.84. The molecule has 23 heavy (non-hydrogen) atoms. The number of methoxy groups -OCH3 is 2. The average Bonchev–Trinajstić information content (AvgIpc) is 2.52. The van der Waals surface area contributed by atoms with Crippen molar-refractivity contribution in [1.82, 2.24) is 9.97 Å². The molecule has 1 aromatic heterocycles. The summed E-state index contributed by atoms with van der Waals surface area (Å²) in [4.78, 5) is 20.3. The normalized spacial score (nSPS) is 14.2. The van der Waals surface area contributed by atoms with E-state index in [-0.39, 0.29) is 11.6 Å². The molecule has 1 heterocycles. The SMILES string of the molecule is COc1cccc(-c2cnc(C3CCC3)nc2C(=O)O)c1OC. The number of carboxylic acid groups (broad SMARTS) is 1. The smallest absolute Gasteiger partial charge is 0.355 e. The van der Waals surface area contributed by atoms with E-state index in [0.29, 0.717) is 28.5 Å². The molecule has 1 fully saturated rings. The van der Waals surface area contributed by atoms with Crippen molar-refractivity contribution in [3.8, 4) is 22.6 Å². The van der Waals surface area contributed by atoms with E-state index in [0.717, 1.165) is 19.3 Å². The molecule has 0 spiro atoms. The third-order valence-corrected chi connectivity index (χ3v) is 4.17. The highest BCUT2D eigenvalue weighted by molar-refractivity contribution is 5.95. The molecule has 1 aliphatic carbocycles. The molecule has 120 valence electrons. The van der Waals surface area contributed by atoms with Gasteiger partial charge in [0.1, 0.15) is 5.82 Å². The molecule has 6 heteroatoms. The molecule has 6 nitrogen and oxygen atoms in total. The van der Waals surface area contributed by atoms with Crippen LogP contribution in [0.2, 0.25) is 0 Å². The summed E-state index contributed by atoms with van der Waals surface area (Å²) in [6.45, 7) is 0. The maximum atomic E-state index is 11.7. The van der Waals surface area contributed by atoms with Crippen LogP contribution >= 0.6 is 0 Å². The van der Waals surface area contributed by atoms with Gasteiger partial charge in [0.25, 0.3) is 0 Å². The number of nitrogens with zero attached hydrogens (tertiary/aromatic N) is 2. The molecule has 0 amide bonds. The highest BCUT2D eigenvalue weighted by Gasteiger charge is 2.26. The van der Waals surface area contributed by atoms with Crippen molar-refractivity contribution >= 4 is 5.97 Å². The summed E-state index contributed by atoms with van der Waals surface area (Å²) in [5.41, 5.74) is 1.02. The number of rotatable bonds is 5. The first-order chi connectivity index (χ1) is 11.2. The van der Waals surface area contributed by atoms with E-state index in [1.165, 1.54) is 14.2 Å². The van der Waals surface area contributed by atoms with Gasteiger partial charge in [0.2, 0.25) is 0 Å². The summed E-state index contributed by atoms with van der Waals surface area (Å²) >= 11 is 0. The Kier molecular flexibility index (Phi) is 4.14. The van der Waals surface area contributed by atoms with Crippen molar-refractivity contribution in [2.45, 2.75) is 25.2 Å². The molecule has 0 saturated heterocycles. The second-order valence-electron chi connectivity index (χ2n) is 5.46. The Morgan fingerprint density at radius 2 is 2.00 bits per heavy atom. The lowest BCUT2D eigenvalue weighted by Crippen LogP contribution is -2.16. The largest absolute Gasteiger partial charge is 0.493 e. The predicted molar refractivity (Wildman–Crippen MR) is 84.1 cm³/mol. The average molecular weight is 314 g/mol. The maximum absolute atomic E-state index is 11.7. The van der Waals surface area contributed by atoms with Crippen LogP contribution in [-0.2, 0) is 0 Å². The second kappa shape index (κ2) is 6.24. The highest BCUT2D eigenvalue weighted by atomic mass is 16.5. The maximum Gasteiger partial charge on any atom is 0.355 e. The quantitative estimate of drug-likeness (QED) is 0.913. The standard InChI is InChI=1S/C17H18N2O4/c1-22-13-8-4-7-11(15(13)23-2)12-9-18-16(10-5-3-6-10)19-14(12)17(20)21/h4,7-10H,3,5-6H2,1-2H3,(H,20,21). The third-order valence-electron chi connectivity index (χ3n) is 4.17. The van der Waals surface area contributed by atoms with Crippen molar-refractivity contribution < 1.29 is 19.4 Å². The molecule has 1 aliphatic rings. The zero-order valence-electron chi connectivity index (χ0n) is 13.1. The van der Waals surface area contributed by atoms with Crippen molar-refractivity contribution in [2.75, 3.05) is 14.2 Å². The van der Waals surface area contributed by atoms with Gasteiger partial charge >= 0.3 is 5.97 Å². The molecule has 3 rings (SSSR count). The summed E-state index contributed by atoms with van der Waals surface area (Å²) in [6, 6.07) is 5.31. The summed E-state index contributed by atoms with van der Waals surface area (Å²) in [5, 5.41) is 9.55. The lowest BCUT2D eigenvalue weighted by Gasteiger charge is -2.24. The molecular formula is C17H18N2O4. The number of carboxylic acids is 1. The van der Waals surface area contributed by atoms with Crippen LogP contribution in [0, 0.1) is 0 Å². The number of aromatic nitrogens is 2. The molecular weight excluding hydrogens is 296 g/mol. The van der Waals surface area contributed by atoms with Crippen LogP contribution in [-0.4, -0.2) is 35.3 Å². The molecule has 0 unspecified atom stereocenters. The number of hydrogen-bond donors (Lipinski definition) is 1. The van der Waals surface area contributed by atoms with Gasteiger partial charge in [0, 0.05) is 23.2 Å². The van der Waals surface area contributed by atoms with Crippen LogP contribution in [0.3, 0.4) is 0 Å². The Morgan fingerprint density at radius 3 is 2.57 bits per heavy atom. The van der Waals surface area contributed by atoms with E-state index in [1.807, 2.05) is 0 Å². The molecule has 1 saturated carbocycles. The fraction of sp³-hybridized carbons (Fsp3) is 0.353. The van der Waals surface area contributed by atoms with Gasteiger partial charge in [-0.1, -0.05) is 18.6 Å². The van der Waals surface area contributed by atoms with Gasteiger partial charge in [-0.3, -0.25) is 0 Å². The monoisotopic (exact) mass is 314 g/mol. The van der Waals surface area contributed by atoms with Crippen LogP contribution in [0.1, 0.15) is 41.5 Å². The molecule has 1 aromatic carbocycles. The lowest BCUT2D eigenvalue weighted by molar-refractivity contribution is 0.0690. The Labute approximate surface area is 134 Å². The zero-order chi connectivity index (χ0) is 16.4. The fourth-order valence-electron chi connectivity index (χ4n) is 2.72. The first-order valence-electron chi connectivity index (χ1n) is 7.47. The Balaban J connectivity index is 2.14. The van der Waals surface area contributed by atoms with Crippen molar-refractivity contribution in [3.05, 3.63) is 35.9 Å². The van der Waals surface area contributed by atoms with E-state index >= 15 is 0 Å². The zero-order valence-corrected chi connectivity index (χ0v) is 13.1. The predicted octanol–water partition coefficient (Wildman–Crippen LogP) is 3.13. The van der Waals surface area contributed by atoms with Crippen molar-refractivity contribution in [1.29, 1.82) is 0 Å². The Hall–Kier alpha value is -2.63. The molecule has 1 N–H and O–H groups in total. The van der Waals surface area contributed by atoms with E-state index in [1.54, 1.807) is 24.4 Å². The van der Waals surface area contributed by atoms with E-state index in [9.17, 15) is 9.90 Å². The molecule has 0 aliphatic heterocycles. The van der Waals surface area contributed by atoms with Crippen LogP contribution in [0.25, 0.3) is 11.1 Å². The second-order valence-corrected chi connectivity index (χ2v) is 5.46. The number of aromatic carboxylic acids is 1. The minimum Gasteiger partial charge on any atom is -0.493 e. The van der Waals surface area contributed by atoms with Gasteiger partial charge < -0.3 is 14.6 Å².